The quantitative estimate of drug-likeness (QED) is 0.0332. The number of nitrogens with one attached hydrogen (secondary N) is 1. The summed E-state index contributed by atoms with van der Waals surface area (Å²) in [6.07, 6.45) is 41.2. The lowest BCUT2D eigenvalue weighted by molar-refractivity contribution is -0.302. The van der Waals surface area contributed by atoms with E-state index in [2.05, 4.69) is 19.2 Å². The molecule has 0 aromatic heterocycles. The molecule has 0 spiro atoms. The SMILES string of the molecule is CCCCCCCCCCCCCCCCCCCCCCCCC(=O)N[C@@H](CO[C@H]1O[C@@H](CO)[C@H](O)C(O)C1O)[C@H](O)CCCCCCCCCCCCCCCCC. The Morgan fingerprint density at radius 3 is 1.18 bits per heavy atom. The van der Waals surface area contributed by atoms with Gasteiger partial charge < -0.3 is 40.3 Å². The molecule has 1 fully saturated rings. The maximum atomic E-state index is 13.0. The Bertz CT molecular complexity index is 908. The summed E-state index contributed by atoms with van der Waals surface area (Å²) in [5.74, 6) is -0.138. The van der Waals surface area contributed by atoms with E-state index in [9.17, 15) is 30.3 Å². The Kier molecular flexibility index (Phi) is 40.2. The van der Waals surface area contributed by atoms with Crippen molar-refractivity contribution in [3.63, 3.8) is 0 Å². The Hall–Kier alpha value is -0.810. The molecule has 0 saturated carbocycles. The summed E-state index contributed by atoms with van der Waals surface area (Å²) in [6.45, 7) is 3.87. The van der Waals surface area contributed by atoms with Crippen LogP contribution in [-0.2, 0) is 14.3 Å². The zero-order chi connectivity index (χ0) is 43.7. The number of rotatable bonds is 45. The van der Waals surface area contributed by atoms with Gasteiger partial charge in [0, 0.05) is 6.42 Å². The van der Waals surface area contributed by atoms with Crippen molar-refractivity contribution in [2.45, 2.75) is 307 Å². The molecule has 1 amide bonds. The number of aliphatic hydroxyl groups is 5. The predicted molar refractivity (Wildman–Crippen MR) is 249 cm³/mol. The number of carbonyl (C=O) groups excluding carboxylic acids is 1. The maximum absolute atomic E-state index is 13.0. The fourth-order valence-corrected chi connectivity index (χ4v) is 8.75. The van der Waals surface area contributed by atoms with E-state index in [4.69, 9.17) is 9.47 Å². The lowest BCUT2D eigenvalue weighted by Gasteiger charge is -2.40. The Labute approximate surface area is 370 Å². The Balaban J connectivity index is 2.22. The molecule has 358 valence electrons. The molecule has 6 N–H and O–H groups in total. The highest BCUT2D eigenvalue weighted by Gasteiger charge is 2.44. The second-order valence-electron chi connectivity index (χ2n) is 18.7. The first kappa shape index (κ1) is 57.2. The van der Waals surface area contributed by atoms with Gasteiger partial charge in [-0.25, -0.2) is 0 Å². The Morgan fingerprint density at radius 2 is 0.833 bits per heavy atom. The summed E-state index contributed by atoms with van der Waals surface area (Å²) in [4.78, 5) is 13.0. The number of hydrogen-bond donors (Lipinski definition) is 6. The van der Waals surface area contributed by atoms with Crippen LogP contribution < -0.4 is 5.32 Å². The third kappa shape index (κ3) is 31.9. The van der Waals surface area contributed by atoms with E-state index in [0.717, 1.165) is 38.5 Å². The topological polar surface area (TPSA) is 149 Å². The van der Waals surface area contributed by atoms with Crippen LogP contribution in [-0.4, -0.2) is 87.5 Å². The third-order valence-corrected chi connectivity index (χ3v) is 13.0. The van der Waals surface area contributed by atoms with Crippen LogP contribution in [0, 0.1) is 0 Å². The van der Waals surface area contributed by atoms with Crippen LogP contribution >= 0.6 is 0 Å². The molecule has 1 aliphatic rings. The van der Waals surface area contributed by atoms with E-state index < -0.39 is 49.5 Å². The van der Waals surface area contributed by atoms with Gasteiger partial charge in [0.05, 0.1) is 25.4 Å². The van der Waals surface area contributed by atoms with E-state index in [-0.39, 0.29) is 12.5 Å². The summed E-state index contributed by atoms with van der Waals surface area (Å²) in [5, 5.41) is 54.5. The summed E-state index contributed by atoms with van der Waals surface area (Å²) < 4.78 is 11.3. The smallest absolute Gasteiger partial charge is 0.220 e. The first-order valence-electron chi connectivity index (χ1n) is 26.2. The van der Waals surface area contributed by atoms with Crippen molar-refractivity contribution in [2.75, 3.05) is 13.2 Å². The van der Waals surface area contributed by atoms with E-state index in [0.29, 0.717) is 12.8 Å². The van der Waals surface area contributed by atoms with Gasteiger partial charge in [-0.2, -0.15) is 0 Å². The van der Waals surface area contributed by atoms with Gasteiger partial charge in [-0.05, 0) is 12.8 Å². The molecule has 1 rings (SSSR count). The highest BCUT2D eigenvalue weighted by Crippen LogP contribution is 2.23. The second kappa shape index (κ2) is 42.2. The molecule has 1 aliphatic heterocycles. The molecule has 1 saturated heterocycles. The van der Waals surface area contributed by atoms with Crippen molar-refractivity contribution >= 4 is 5.91 Å². The molecule has 0 aromatic carbocycles. The lowest BCUT2D eigenvalue weighted by atomic mass is 9.99. The van der Waals surface area contributed by atoms with E-state index in [1.807, 2.05) is 0 Å². The lowest BCUT2D eigenvalue weighted by Crippen LogP contribution is -2.60. The standard InChI is InChI=1S/C51H101NO8/c1-3-5-7-9-11-13-15-17-19-20-21-22-23-24-25-27-29-31-33-35-37-39-41-47(55)52-44(43-59-51-50(58)49(57)48(56)46(42-53)60-51)45(54)40-38-36-34-32-30-28-26-18-16-14-12-10-8-6-4-2/h44-46,48-51,53-54,56-58H,3-43H2,1-2H3,(H,52,55)/t44-,45+,46-,48-,49?,50?,51-/m0/s1. The first-order valence-corrected chi connectivity index (χ1v) is 26.2. The molecular weight excluding hydrogens is 755 g/mol. The molecule has 9 nitrogen and oxygen atoms in total. The molecule has 2 unspecified atom stereocenters. The molecule has 1 heterocycles. The van der Waals surface area contributed by atoms with Gasteiger partial charge in [-0.1, -0.05) is 245 Å². The van der Waals surface area contributed by atoms with Gasteiger partial charge in [0.2, 0.25) is 5.91 Å². The number of carbonyl (C=O) groups is 1. The predicted octanol–water partition coefficient (Wildman–Crippen LogP) is 11.9. The molecule has 60 heavy (non-hydrogen) atoms. The minimum Gasteiger partial charge on any atom is -0.394 e. The first-order chi connectivity index (χ1) is 29.3. The van der Waals surface area contributed by atoms with Gasteiger partial charge in [0.15, 0.2) is 6.29 Å². The zero-order valence-electron chi connectivity index (χ0n) is 39.5. The van der Waals surface area contributed by atoms with Crippen LogP contribution in [0.4, 0.5) is 0 Å². The highest BCUT2D eigenvalue weighted by atomic mass is 16.7. The minimum absolute atomic E-state index is 0.131. The minimum atomic E-state index is -1.55. The van der Waals surface area contributed by atoms with Crippen molar-refractivity contribution in [3.05, 3.63) is 0 Å². The maximum Gasteiger partial charge on any atom is 0.220 e. The second-order valence-corrected chi connectivity index (χ2v) is 18.7. The number of amides is 1. The van der Waals surface area contributed by atoms with Crippen LogP contribution in [0.15, 0.2) is 0 Å². The third-order valence-electron chi connectivity index (χ3n) is 13.0. The van der Waals surface area contributed by atoms with E-state index >= 15 is 0 Å². The molecule has 0 radical (unpaired) electrons. The highest BCUT2D eigenvalue weighted by molar-refractivity contribution is 5.76. The zero-order valence-corrected chi connectivity index (χ0v) is 39.5. The molecule has 0 aromatic rings. The monoisotopic (exact) mass is 856 g/mol. The number of unbranched alkanes of at least 4 members (excludes halogenated alkanes) is 35. The molecule has 7 atom stereocenters. The largest absolute Gasteiger partial charge is 0.394 e. The average Bonchev–Trinajstić information content (AvgIpc) is 3.25. The van der Waals surface area contributed by atoms with Crippen LogP contribution in [0.1, 0.15) is 264 Å². The summed E-state index contributed by atoms with van der Waals surface area (Å²) in [5.41, 5.74) is 0. The van der Waals surface area contributed by atoms with Crippen molar-refractivity contribution in [1.29, 1.82) is 0 Å². The normalized spacial score (nSPS) is 20.4. The van der Waals surface area contributed by atoms with Crippen molar-refractivity contribution in [3.8, 4) is 0 Å². The van der Waals surface area contributed by atoms with Crippen molar-refractivity contribution in [2.24, 2.45) is 0 Å². The van der Waals surface area contributed by atoms with Gasteiger partial charge in [-0.3, -0.25) is 4.79 Å². The van der Waals surface area contributed by atoms with Crippen LogP contribution in [0.25, 0.3) is 0 Å². The van der Waals surface area contributed by atoms with Crippen LogP contribution in [0.2, 0.25) is 0 Å². The van der Waals surface area contributed by atoms with Gasteiger partial charge >= 0.3 is 0 Å². The number of aliphatic hydroxyl groups excluding tert-OH is 5. The van der Waals surface area contributed by atoms with E-state index in [1.165, 1.54) is 199 Å². The average molecular weight is 856 g/mol. The molecular formula is C51H101NO8. The fraction of sp³-hybridized carbons (Fsp3) is 0.980. The molecule has 0 aliphatic carbocycles. The van der Waals surface area contributed by atoms with E-state index in [1.54, 1.807) is 0 Å². The number of ether oxygens (including phenoxy) is 2. The van der Waals surface area contributed by atoms with Gasteiger partial charge in [0.25, 0.3) is 0 Å². The van der Waals surface area contributed by atoms with Gasteiger partial charge in [-0.15, -0.1) is 0 Å². The molecule has 9 heteroatoms. The van der Waals surface area contributed by atoms with Crippen molar-refractivity contribution in [1.82, 2.24) is 5.32 Å². The number of hydrogen-bond acceptors (Lipinski definition) is 8. The van der Waals surface area contributed by atoms with Crippen molar-refractivity contribution < 1.29 is 39.8 Å². The van der Waals surface area contributed by atoms with Gasteiger partial charge in [0.1, 0.15) is 24.4 Å². The van der Waals surface area contributed by atoms with Crippen LogP contribution in [0.3, 0.4) is 0 Å². The summed E-state index contributed by atoms with van der Waals surface area (Å²) in [6, 6.07) is -0.712. The van der Waals surface area contributed by atoms with Crippen LogP contribution in [0.5, 0.6) is 0 Å². The Morgan fingerprint density at radius 1 is 0.500 bits per heavy atom. The molecule has 0 bridgehead atoms. The fourth-order valence-electron chi connectivity index (χ4n) is 8.75. The summed E-state index contributed by atoms with van der Waals surface area (Å²) in [7, 11) is 0. The summed E-state index contributed by atoms with van der Waals surface area (Å²) >= 11 is 0.